The number of rotatable bonds is 5. The smallest absolute Gasteiger partial charge is 0.287 e. The van der Waals surface area contributed by atoms with Crippen LogP contribution in [0.3, 0.4) is 0 Å². The average molecular weight is 371 g/mol. The summed E-state index contributed by atoms with van der Waals surface area (Å²) in [6.07, 6.45) is 0. The number of fused-ring (bicyclic) bond motifs is 1. The standard InChI is InChI=1S/C19H15ClN2O4/c20-13-7-5-12(6-8-13)18(24)21-9-10-22-19(25)17-11-15(23)14-3-1-2-4-16(14)26-17/h1-8,11H,9-10H2,(H,21,24)(H,22,25). The summed E-state index contributed by atoms with van der Waals surface area (Å²) >= 11 is 5.77. The van der Waals surface area contributed by atoms with E-state index in [1.165, 1.54) is 0 Å². The number of benzene rings is 2. The zero-order valence-electron chi connectivity index (χ0n) is 13.6. The Balaban J connectivity index is 1.55. The molecule has 132 valence electrons. The molecule has 0 atom stereocenters. The van der Waals surface area contributed by atoms with Gasteiger partial charge in [0.05, 0.1) is 5.39 Å². The minimum absolute atomic E-state index is 0.0715. The van der Waals surface area contributed by atoms with Gasteiger partial charge in [-0.05, 0) is 36.4 Å². The predicted molar refractivity (Wildman–Crippen MR) is 98.6 cm³/mol. The summed E-state index contributed by atoms with van der Waals surface area (Å²) in [6, 6.07) is 14.3. The van der Waals surface area contributed by atoms with E-state index in [9.17, 15) is 14.4 Å². The van der Waals surface area contributed by atoms with Gasteiger partial charge in [-0.3, -0.25) is 14.4 Å². The first-order valence-corrected chi connectivity index (χ1v) is 8.27. The number of hydrogen-bond donors (Lipinski definition) is 2. The first kappa shape index (κ1) is 17.7. The first-order valence-electron chi connectivity index (χ1n) is 7.89. The van der Waals surface area contributed by atoms with E-state index in [0.717, 1.165) is 6.07 Å². The Labute approximate surface area is 153 Å². The van der Waals surface area contributed by atoms with Crippen molar-refractivity contribution in [3.05, 3.63) is 81.2 Å². The van der Waals surface area contributed by atoms with Crippen LogP contribution in [0.4, 0.5) is 0 Å². The molecule has 2 N–H and O–H groups in total. The third kappa shape index (κ3) is 4.10. The number of nitrogens with one attached hydrogen (secondary N) is 2. The van der Waals surface area contributed by atoms with Gasteiger partial charge in [0, 0.05) is 29.7 Å². The summed E-state index contributed by atoms with van der Waals surface area (Å²) in [7, 11) is 0. The van der Waals surface area contributed by atoms with Gasteiger partial charge in [0.1, 0.15) is 5.58 Å². The fourth-order valence-corrected chi connectivity index (χ4v) is 2.48. The van der Waals surface area contributed by atoms with E-state index in [-0.39, 0.29) is 30.2 Å². The fourth-order valence-electron chi connectivity index (χ4n) is 2.36. The highest BCUT2D eigenvalue weighted by atomic mass is 35.5. The Morgan fingerprint density at radius 1 is 0.923 bits per heavy atom. The molecule has 7 heteroatoms. The Hall–Kier alpha value is -3.12. The molecule has 0 aliphatic heterocycles. The number of carbonyl (C=O) groups excluding carboxylic acids is 2. The van der Waals surface area contributed by atoms with Crippen LogP contribution in [0.15, 0.2) is 63.8 Å². The van der Waals surface area contributed by atoms with Gasteiger partial charge in [-0.2, -0.15) is 0 Å². The average Bonchev–Trinajstić information content (AvgIpc) is 2.65. The molecule has 3 aromatic rings. The van der Waals surface area contributed by atoms with Gasteiger partial charge >= 0.3 is 0 Å². The number of carbonyl (C=O) groups is 2. The van der Waals surface area contributed by atoms with Crippen LogP contribution in [0.2, 0.25) is 5.02 Å². The second-order valence-electron chi connectivity index (χ2n) is 5.49. The van der Waals surface area contributed by atoms with Crippen LogP contribution in [0, 0.1) is 0 Å². The molecule has 0 saturated carbocycles. The highest BCUT2D eigenvalue weighted by Crippen LogP contribution is 2.11. The molecule has 6 nitrogen and oxygen atoms in total. The van der Waals surface area contributed by atoms with Crippen LogP contribution in [0.1, 0.15) is 20.9 Å². The van der Waals surface area contributed by atoms with Crippen molar-refractivity contribution in [1.82, 2.24) is 10.6 Å². The van der Waals surface area contributed by atoms with Gasteiger partial charge in [-0.1, -0.05) is 23.7 Å². The maximum absolute atomic E-state index is 12.1. The molecule has 2 amide bonds. The Kier molecular flexibility index (Phi) is 5.34. The van der Waals surface area contributed by atoms with E-state index in [4.69, 9.17) is 16.0 Å². The lowest BCUT2D eigenvalue weighted by molar-refractivity contribution is 0.0911. The topological polar surface area (TPSA) is 88.4 Å². The van der Waals surface area contributed by atoms with Crippen molar-refractivity contribution in [2.24, 2.45) is 0 Å². The molecule has 0 aliphatic carbocycles. The van der Waals surface area contributed by atoms with Crippen molar-refractivity contribution in [2.45, 2.75) is 0 Å². The summed E-state index contributed by atoms with van der Waals surface area (Å²) in [5.74, 6) is -0.862. The summed E-state index contributed by atoms with van der Waals surface area (Å²) in [5.41, 5.74) is 0.537. The Bertz CT molecular complexity index is 1010. The van der Waals surface area contributed by atoms with Crippen molar-refractivity contribution in [3.8, 4) is 0 Å². The lowest BCUT2D eigenvalue weighted by atomic mass is 10.2. The van der Waals surface area contributed by atoms with Gasteiger partial charge in [0.15, 0.2) is 11.2 Å². The summed E-state index contributed by atoms with van der Waals surface area (Å²) in [6.45, 7) is 0.416. The van der Waals surface area contributed by atoms with Crippen LogP contribution < -0.4 is 16.1 Å². The third-order valence-electron chi connectivity index (χ3n) is 3.66. The quantitative estimate of drug-likeness (QED) is 0.676. The molecule has 0 spiro atoms. The minimum atomic E-state index is -0.520. The van der Waals surface area contributed by atoms with Crippen LogP contribution in [-0.4, -0.2) is 24.9 Å². The summed E-state index contributed by atoms with van der Waals surface area (Å²) in [4.78, 5) is 36.1. The van der Waals surface area contributed by atoms with Crippen molar-refractivity contribution in [2.75, 3.05) is 13.1 Å². The number of amides is 2. The highest BCUT2D eigenvalue weighted by molar-refractivity contribution is 6.30. The van der Waals surface area contributed by atoms with Crippen LogP contribution >= 0.6 is 11.6 Å². The second kappa shape index (κ2) is 7.84. The van der Waals surface area contributed by atoms with Crippen molar-refractivity contribution < 1.29 is 14.0 Å². The molecule has 0 unspecified atom stereocenters. The van der Waals surface area contributed by atoms with E-state index in [1.807, 2.05) is 0 Å². The van der Waals surface area contributed by atoms with Crippen molar-refractivity contribution in [1.29, 1.82) is 0 Å². The van der Waals surface area contributed by atoms with Crippen LogP contribution in [-0.2, 0) is 0 Å². The molecule has 26 heavy (non-hydrogen) atoms. The van der Waals surface area contributed by atoms with Gasteiger partial charge in [-0.25, -0.2) is 0 Å². The largest absolute Gasteiger partial charge is 0.451 e. The maximum Gasteiger partial charge on any atom is 0.287 e. The number of para-hydroxylation sites is 1. The Morgan fingerprint density at radius 2 is 1.58 bits per heavy atom. The molecule has 0 aliphatic rings. The Morgan fingerprint density at radius 3 is 2.31 bits per heavy atom. The molecule has 0 saturated heterocycles. The maximum atomic E-state index is 12.1. The fraction of sp³-hybridized carbons (Fsp3) is 0.105. The predicted octanol–water partition coefficient (Wildman–Crippen LogP) is 2.61. The minimum Gasteiger partial charge on any atom is -0.451 e. The molecule has 2 aromatic carbocycles. The zero-order valence-corrected chi connectivity index (χ0v) is 14.4. The number of halogens is 1. The monoisotopic (exact) mass is 370 g/mol. The molecule has 1 heterocycles. The van der Waals surface area contributed by atoms with E-state index in [0.29, 0.717) is 21.6 Å². The molecule has 0 radical (unpaired) electrons. The lowest BCUT2D eigenvalue weighted by Gasteiger charge is -2.07. The SMILES string of the molecule is O=C(NCCNC(=O)c1cc(=O)c2ccccc2o1)c1ccc(Cl)cc1. The van der Waals surface area contributed by atoms with E-state index in [1.54, 1.807) is 48.5 Å². The molecular formula is C19H15ClN2O4. The lowest BCUT2D eigenvalue weighted by Crippen LogP contribution is -2.34. The molecule has 0 bridgehead atoms. The normalized spacial score (nSPS) is 10.5. The van der Waals surface area contributed by atoms with E-state index in [2.05, 4.69) is 10.6 Å². The molecular weight excluding hydrogens is 356 g/mol. The third-order valence-corrected chi connectivity index (χ3v) is 3.91. The van der Waals surface area contributed by atoms with Crippen LogP contribution in [0.25, 0.3) is 11.0 Å². The summed E-state index contributed by atoms with van der Waals surface area (Å²) in [5, 5.41) is 6.24. The zero-order chi connectivity index (χ0) is 18.5. The van der Waals surface area contributed by atoms with Gasteiger partial charge < -0.3 is 15.1 Å². The molecule has 0 fully saturated rings. The summed E-state index contributed by atoms with van der Waals surface area (Å²) < 4.78 is 5.45. The van der Waals surface area contributed by atoms with Crippen LogP contribution in [0.5, 0.6) is 0 Å². The van der Waals surface area contributed by atoms with Gasteiger partial charge in [0.25, 0.3) is 11.8 Å². The molecule has 3 rings (SSSR count). The highest BCUT2D eigenvalue weighted by Gasteiger charge is 2.12. The van der Waals surface area contributed by atoms with Gasteiger partial charge in [0.2, 0.25) is 0 Å². The van der Waals surface area contributed by atoms with E-state index >= 15 is 0 Å². The van der Waals surface area contributed by atoms with Crippen molar-refractivity contribution in [3.63, 3.8) is 0 Å². The second-order valence-corrected chi connectivity index (χ2v) is 5.93. The first-order chi connectivity index (χ1) is 12.5. The molecule has 1 aromatic heterocycles. The van der Waals surface area contributed by atoms with Crippen molar-refractivity contribution >= 4 is 34.4 Å². The number of hydrogen-bond acceptors (Lipinski definition) is 4. The van der Waals surface area contributed by atoms with Gasteiger partial charge in [-0.15, -0.1) is 0 Å². The van der Waals surface area contributed by atoms with E-state index < -0.39 is 5.91 Å².